The number of halogens is 1. The van der Waals surface area contributed by atoms with E-state index in [0.29, 0.717) is 11.6 Å². The van der Waals surface area contributed by atoms with Crippen molar-refractivity contribution in [1.29, 1.82) is 0 Å². The second-order valence-corrected chi connectivity index (χ2v) is 10.1. The molecule has 1 fully saturated rings. The molecule has 33 heavy (non-hydrogen) atoms. The monoisotopic (exact) mass is 477 g/mol. The second kappa shape index (κ2) is 8.56. The number of likely N-dealkylation sites (tertiary alicyclic amines) is 1. The standard InChI is InChI=1S/C25H24ClN5OS/c26-17-5-3-16(4-6-17)24-29-20-9-14-31(25(32)23(20)33-24)18-7-8-19-21(15-18)28-22(27-19)10-13-30-11-1-2-12-30/h3-8,15H,1-2,9-14H2,(H,27,28). The highest BCUT2D eigenvalue weighted by Crippen LogP contribution is 2.34. The molecule has 0 unspecified atom stereocenters. The SMILES string of the molecule is O=C1c2sc(-c3ccc(Cl)cc3)nc2CCN1c1ccc2nc(CCN3CCCC3)[nH]c2c1. The number of nitrogens with one attached hydrogen (secondary N) is 1. The Labute approximate surface area is 201 Å². The normalized spacial score (nSPS) is 16.6. The summed E-state index contributed by atoms with van der Waals surface area (Å²) < 4.78 is 0. The zero-order valence-corrected chi connectivity index (χ0v) is 19.8. The number of carbonyl (C=O) groups is 1. The van der Waals surface area contributed by atoms with Crippen LogP contribution >= 0.6 is 22.9 Å². The fraction of sp³-hybridized carbons (Fsp3) is 0.320. The van der Waals surface area contributed by atoms with Crippen molar-refractivity contribution in [2.45, 2.75) is 25.7 Å². The van der Waals surface area contributed by atoms with Gasteiger partial charge < -0.3 is 14.8 Å². The van der Waals surface area contributed by atoms with E-state index in [0.717, 1.165) is 63.1 Å². The number of aromatic nitrogens is 3. The molecule has 0 spiro atoms. The minimum atomic E-state index is 0.0158. The number of H-pyrrole nitrogens is 1. The summed E-state index contributed by atoms with van der Waals surface area (Å²) in [4.78, 5) is 31.4. The summed E-state index contributed by atoms with van der Waals surface area (Å²) in [5.74, 6) is 1.03. The molecular weight excluding hydrogens is 454 g/mol. The zero-order valence-electron chi connectivity index (χ0n) is 18.2. The summed E-state index contributed by atoms with van der Waals surface area (Å²) in [6.07, 6.45) is 4.27. The molecule has 2 aliphatic rings. The van der Waals surface area contributed by atoms with Gasteiger partial charge in [-0.15, -0.1) is 11.3 Å². The topological polar surface area (TPSA) is 65.1 Å². The maximum absolute atomic E-state index is 13.4. The molecule has 2 aromatic heterocycles. The number of hydrogen-bond acceptors (Lipinski definition) is 5. The smallest absolute Gasteiger partial charge is 0.270 e. The van der Waals surface area contributed by atoms with Gasteiger partial charge in [0, 0.05) is 42.2 Å². The van der Waals surface area contributed by atoms with Crippen molar-refractivity contribution in [2.24, 2.45) is 0 Å². The van der Waals surface area contributed by atoms with Crippen LogP contribution in [0.3, 0.4) is 0 Å². The fourth-order valence-corrected chi connectivity index (χ4v) is 5.89. The Morgan fingerprint density at radius 2 is 1.85 bits per heavy atom. The summed E-state index contributed by atoms with van der Waals surface area (Å²) in [7, 11) is 0. The summed E-state index contributed by atoms with van der Waals surface area (Å²) in [5.41, 5.74) is 4.70. The number of benzene rings is 2. The summed E-state index contributed by atoms with van der Waals surface area (Å²) in [5, 5.41) is 1.55. The predicted octanol–water partition coefficient (Wildman–Crippen LogP) is 5.18. The Hall–Kier alpha value is -2.74. The molecule has 0 saturated carbocycles. The van der Waals surface area contributed by atoms with Gasteiger partial charge in [-0.2, -0.15) is 0 Å². The van der Waals surface area contributed by atoms with Crippen molar-refractivity contribution >= 4 is 45.6 Å². The van der Waals surface area contributed by atoms with Crippen LogP contribution < -0.4 is 4.90 Å². The van der Waals surface area contributed by atoms with Crippen LogP contribution in [0.2, 0.25) is 5.02 Å². The van der Waals surface area contributed by atoms with Crippen LogP contribution in [0.4, 0.5) is 5.69 Å². The number of aromatic amines is 1. The van der Waals surface area contributed by atoms with Gasteiger partial charge in [0.05, 0.1) is 16.7 Å². The van der Waals surface area contributed by atoms with Crippen LogP contribution in [0.25, 0.3) is 21.6 Å². The predicted molar refractivity (Wildman–Crippen MR) is 133 cm³/mol. The van der Waals surface area contributed by atoms with Crippen molar-refractivity contribution in [3.05, 3.63) is 63.9 Å². The lowest BCUT2D eigenvalue weighted by Crippen LogP contribution is -2.36. The van der Waals surface area contributed by atoms with Gasteiger partial charge in [-0.05, 0) is 56.3 Å². The quantitative estimate of drug-likeness (QED) is 0.430. The highest BCUT2D eigenvalue weighted by Gasteiger charge is 2.30. The number of rotatable bonds is 5. The van der Waals surface area contributed by atoms with Crippen LogP contribution in [0, 0.1) is 0 Å². The molecule has 0 atom stereocenters. The first-order chi connectivity index (χ1) is 16.1. The Kier molecular flexibility index (Phi) is 5.40. The first-order valence-corrected chi connectivity index (χ1v) is 12.6. The third-order valence-corrected chi connectivity index (χ3v) is 7.88. The first kappa shape index (κ1) is 20.8. The number of amides is 1. The number of hydrogen-bond donors (Lipinski definition) is 1. The van der Waals surface area contributed by atoms with E-state index in [4.69, 9.17) is 21.6 Å². The Morgan fingerprint density at radius 1 is 1.03 bits per heavy atom. The molecule has 1 saturated heterocycles. The van der Waals surface area contributed by atoms with E-state index in [9.17, 15) is 4.79 Å². The van der Waals surface area contributed by atoms with Crippen LogP contribution in [0.5, 0.6) is 0 Å². The number of thiazole rings is 1. The van der Waals surface area contributed by atoms with Gasteiger partial charge in [-0.25, -0.2) is 9.97 Å². The summed E-state index contributed by atoms with van der Waals surface area (Å²) >= 11 is 7.47. The second-order valence-electron chi connectivity index (χ2n) is 8.69. The number of anilines is 1. The fourth-order valence-electron chi connectivity index (χ4n) is 4.70. The number of nitrogens with zero attached hydrogens (tertiary/aromatic N) is 4. The lowest BCUT2D eigenvalue weighted by molar-refractivity contribution is 0.0984. The van der Waals surface area contributed by atoms with Gasteiger partial charge in [0.15, 0.2) is 0 Å². The first-order valence-electron chi connectivity index (χ1n) is 11.4. The van der Waals surface area contributed by atoms with Crippen molar-refractivity contribution in [1.82, 2.24) is 19.9 Å². The number of imidazole rings is 1. The van der Waals surface area contributed by atoms with Gasteiger partial charge in [0.2, 0.25) is 0 Å². The molecule has 2 aliphatic heterocycles. The van der Waals surface area contributed by atoms with Gasteiger partial charge >= 0.3 is 0 Å². The van der Waals surface area contributed by atoms with E-state index in [2.05, 4.69) is 9.88 Å². The molecule has 1 amide bonds. The van der Waals surface area contributed by atoms with E-state index >= 15 is 0 Å². The Balaban J connectivity index is 1.23. The summed E-state index contributed by atoms with van der Waals surface area (Å²) in [6.45, 7) is 4.06. The third kappa shape index (κ3) is 4.05. The van der Waals surface area contributed by atoms with Crippen LogP contribution in [0.15, 0.2) is 42.5 Å². The van der Waals surface area contributed by atoms with Gasteiger partial charge in [0.25, 0.3) is 5.91 Å². The average molecular weight is 478 g/mol. The van der Waals surface area contributed by atoms with Crippen molar-refractivity contribution < 1.29 is 4.79 Å². The Bertz CT molecular complexity index is 1320. The number of fused-ring (bicyclic) bond motifs is 2. The highest BCUT2D eigenvalue weighted by atomic mass is 35.5. The van der Waals surface area contributed by atoms with Crippen molar-refractivity contribution in [3.8, 4) is 10.6 Å². The third-order valence-electron chi connectivity index (χ3n) is 6.49. The van der Waals surface area contributed by atoms with Crippen molar-refractivity contribution in [2.75, 3.05) is 31.1 Å². The van der Waals surface area contributed by atoms with Crippen LogP contribution in [-0.2, 0) is 12.8 Å². The van der Waals surface area contributed by atoms with E-state index in [-0.39, 0.29) is 5.91 Å². The molecule has 0 radical (unpaired) electrons. The Morgan fingerprint density at radius 3 is 2.67 bits per heavy atom. The molecule has 0 aliphatic carbocycles. The molecule has 1 N–H and O–H groups in total. The van der Waals surface area contributed by atoms with E-state index < -0.39 is 0 Å². The van der Waals surface area contributed by atoms with Crippen LogP contribution in [-0.4, -0.2) is 51.9 Å². The van der Waals surface area contributed by atoms with Gasteiger partial charge in [-0.1, -0.05) is 23.7 Å². The summed E-state index contributed by atoms with van der Waals surface area (Å²) in [6, 6.07) is 13.7. The van der Waals surface area contributed by atoms with Gasteiger partial charge in [-0.3, -0.25) is 4.79 Å². The molecule has 6 nitrogen and oxygen atoms in total. The molecule has 6 rings (SSSR count). The van der Waals surface area contributed by atoms with Crippen LogP contribution in [0.1, 0.15) is 34.0 Å². The molecule has 168 valence electrons. The molecule has 2 aromatic carbocycles. The highest BCUT2D eigenvalue weighted by molar-refractivity contribution is 7.17. The lowest BCUT2D eigenvalue weighted by Gasteiger charge is -2.26. The number of carbonyl (C=O) groups excluding carboxylic acids is 1. The van der Waals surface area contributed by atoms with Crippen molar-refractivity contribution in [3.63, 3.8) is 0 Å². The van der Waals surface area contributed by atoms with E-state index in [1.807, 2.05) is 47.4 Å². The van der Waals surface area contributed by atoms with Gasteiger partial charge in [0.1, 0.15) is 15.7 Å². The maximum atomic E-state index is 13.4. The molecular formula is C25H24ClN5OS. The largest absolute Gasteiger partial charge is 0.342 e. The average Bonchev–Trinajstić information content (AvgIpc) is 3.57. The maximum Gasteiger partial charge on any atom is 0.270 e. The minimum absolute atomic E-state index is 0.0158. The molecule has 8 heteroatoms. The minimum Gasteiger partial charge on any atom is -0.342 e. The zero-order chi connectivity index (χ0) is 22.4. The molecule has 4 heterocycles. The van der Waals surface area contributed by atoms with E-state index in [1.165, 1.54) is 37.3 Å². The van der Waals surface area contributed by atoms with E-state index in [1.54, 1.807) is 0 Å². The molecule has 4 aromatic rings. The molecule has 0 bridgehead atoms. The lowest BCUT2D eigenvalue weighted by atomic mass is 10.1.